The minimum Gasteiger partial charge on any atom is -0.388 e. The zero-order valence-corrected chi connectivity index (χ0v) is 9.52. The van der Waals surface area contributed by atoms with Crippen molar-refractivity contribution in [2.45, 2.75) is 44.6 Å². The van der Waals surface area contributed by atoms with Crippen molar-refractivity contribution in [3.8, 4) is 0 Å². The minimum absolute atomic E-state index is 0.315. The van der Waals surface area contributed by atoms with Gasteiger partial charge in [-0.1, -0.05) is 28.4 Å². The SMILES string of the molecule is C=CCC(O)C1=C(Br)CCCCC1. The van der Waals surface area contributed by atoms with Gasteiger partial charge in [0, 0.05) is 0 Å². The van der Waals surface area contributed by atoms with Crippen molar-refractivity contribution < 1.29 is 5.11 Å². The lowest BCUT2D eigenvalue weighted by atomic mass is 10.0. The number of hydrogen-bond donors (Lipinski definition) is 1. The average molecular weight is 245 g/mol. The van der Waals surface area contributed by atoms with Crippen LogP contribution in [0.3, 0.4) is 0 Å². The molecule has 1 aliphatic rings. The predicted molar refractivity (Wildman–Crippen MR) is 59.9 cm³/mol. The molecule has 0 saturated heterocycles. The molecule has 1 rings (SSSR count). The third-order valence-electron chi connectivity index (χ3n) is 2.48. The normalized spacial score (nSPS) is 21.1. The molecular weight excluding hydrogens is 228 g/mol. The van der Waals surface area contributed by atoms with Crippen LogP contribution in [-0.4, -0.2) is 11.2 Å². The highest BCUT2D eigenvalue weighted by Gasteiger charge is 2.15. The van der Waals surface area contributed by atoms with Crippen LogP contribution in [0.5, 0.6) is 0 Å². The van der Waals surface area contributed by atoms with E-state index in [2.05, 4.69) is 22.5 Å². The van der Waals surface area contributed by atoms with E-state index in [1.807, 2.05) is 0 Å². The number of allylic oxidation sites excluding steroid dienone is 1. The summed E-state index contributed by atoms with van der Waals surface area (Å²) in [5, 5.41) is 9.81. The van der Waals surface area contributed by atoms with Gasteiger partial charge in [0.05, 0.1) is 6.10 Å². The van der Waals surface area contributed by atoms with Gasteiger partial charge < -0.3 is 5.11 Å². The number of halogens is 1. The lowest BCUT2D eigenvalue weighted by Gasteiger charge is -2.13. The van der Waals surface area contributed by atoms with Gasteiger partial charge in [-0.25, -0.2) is 0 Å². The van der Waals surface area contributed by atoms with Gasteiger partial charge in [0.2, 0.25) is 0 Å². The van der Waals surface area contributed by atoms with Crippen LogP contribution in [0.25, 0.3) is 0 Å². The predicted octanol–water partition coefficient (Wildman–Crippen LogP) is 3.54. The van der Waals surface area contributed by atoms with E-state index in [4.69, 9.17) is 0 Å². The van der Waals surface area contributed by atoms with Gasteiger partial charge >= 0.3 is 0 Å². The summed E-state index contributed by atoms with van der Waals surface area (Å²) >= 11 is 3.56. The molecule has 1 nitrogen and oxygen atoms in total. The second-order valence-corrected chi connectivity index (χ2v) is 4.49. The number of rotatable bonds is 3. The Hall–Kier alpha value is -0.0800. The summed E-state index contributed by atoms with van der Waals surface area (Å²) in [6.07, 6.45) is 7.99. The van der Waals surface area contributed by atoms with Crippen LogP contribution in [0.1, 0.15) is 38.5 Å². The van der Waals surface area contributed by atoms with E-state index in [0.29, 0.717) is 6.42 Å². The molecule has 0 heterocycles. The second-order valence-electron chi connectivity index (χ2n) is 3.53. The van der Waals surface area contributed by atoms with Crippen molar-refractivity contribution in [3.63, 3.8) is 0 Å². The van der Waals surface area contributed by atoms with Crippen molar-refractivity contribution >= 4 is 15.9 Å². The van der Waals surface area contributed by atoms with Crippen molar-refractivity contribution in [1.29, 1.82) is 0 Å². The maximum Gasteiger partial charge on any atom is 0.0795 e. The van der Waals surface area contributed by atoms with Gasteiger partial charge in [0.25, 0.3) is 0 Å². The van der Waals surface area contributed by atoms with E-state index < -0.39 is 0 Å². The highest BCUT2D eigenvalue weighted by Crippen LogP contribution is 2.30. The van der Waals surface area contributed by atoms with Gasteiger partial charge in [-0.3, -0.25) is 0 Å². The lowest BCUT2D eigenvalue weighted by molar-refractivity contribution is 0.209. The summed E-state index contributed by atoms with van der Waals surface area (Å²) in [6, 6.07) is 0. The summed E-state index contributed by atoms with van der Waals surface area (Å²) in [7, 11) is 0. The molecule has 0 radical (unpaired) electrons. The third-order valence-corrected chi connectivity index (χ3v) is 3.39. The molecule has 0 aromatic carbocycles. The largest absolute Gasteiger partial charge is 0.388 e. The molecule has 0 spiro atoms. The summed E-state index contributed by atoms with van der Waals surface area (Å²) in [5.41, 5.74) is 1.19. The summed E-state index contributed by atoms with van der Waals surface area (Å²) in [5.74, 6) is 0. The molecule has 0 bridgehead atoms. The number of hydrogen-bond acceptors (Lipinski definition) is 1. The fraction of sp³-hybridized carbons (Fsp3) is 0.636. The van der Waals surface area contributed by atoms with Crippen LogP contribution < -0.4 is 0 Å². The highest BCUT2D eigenvalue weighted by atomic mass is 79.9. The van der Waals surface area contributed by atoms with Crippen LogP contribution in [-0.2, 0) is 0 Å². The average Bonchev–Trinajstić information content (AvgIpc) is 2.30. The molecule has 74 valence electrons. The summed E-state index contributed by atoms with van der Waals surface area (Å²) < 4.78 is 1.22. The summed E-state index contributed by atoms with van der Waals surface area (Å²) in [6.45, 7) is 3.65. The molecule has 0 aromatic heterocycles. The van der Waals surface area contributed by atoms with Crippen LogP contribution in [0.4, 0.5) is 0 Å². The first-order valence-corrected chi connectivity index (χ1v) is 5.71. The van der Waals surface area contributed by atoms with E-state index in [1.54, 1.807) is 6.08 Å². The topological polar surface area (TPSA) is 20.2 Å². The van der Waals surface area contributed by atoms with Crippen LogP contribution in [0, 0.1) is 0 Å². The molecule has 1 N–H and O–H groups in total. The fourth-order valence-corrected chi connectivity index (χ4v) is 2.46. The molecule has 2 heteroatoms. The van der Waals surface area contributed by atoms with E-state index >= 15 is 0 Å². The maximum absolute atomic E-state index is 9.81. The van der Waals surface area contributed by atoms with Gasteiger partial charge in [-0.15, -0.1) is 6.58 Å². The Morgan fingerprint density at radius 3 is 2.77 bits per heavy atom. The highest BCUT2D eigenvalue weighted by molar-refractivity contribution is 9.11. The molecule has 1 unspecified atom stereocenters. The quantitative estimate of drug-likeness (QED) is 0.754. The number of aliphatic hydroxyl groups is 1. The van der Waals surface area contributed by atoms with E-state index in [1.165, 1.54) is 29.3 Å². The number of aliphatic hydroxyl groups excluding tert-OH is 1. The molecular formula is C11H17BrO. The molecule has 13 heavy (non-hydrogen) atoms. The first-order chi connectivity index (χ1) is 6.25. The zero-order valence-electron chi connectivity index (χ0n) is 7.93. The molecule has 1 aliphatic carbocycles. The Bertz CT molecular complexity index is 208. The second kappa shape index (κ2) is 5.61. The van der Waals surface area contributed by atoms with Gasteiger partial charge in [-0.05, 0) is 42.2 Å². The Morgan fingerprint density at radius 2 is 2.08 bits per heavy atom. The molecule has 0 saturated carbocycles. The van der Waals surface area contributed by atoms with E-state index in [0.717, 1.165) is 12.8 Å². The Kier molecular flexibility index (Phi) is 4.74. The lowest BCUT2D eigenvalue weighted by Crippen LogP contribution is -2.09. The smallest absolute Gasteiger partial charge is 0.0795 e. The van der Waals surface area contributed by atoms with Gasteiger partial charge in [0.15, 0.2) is 0 Å². The Labute approximate surface area is 88.7 Å². The Balaban J connectivity index is 2.66. The monoisotopic (exact) mass is 244 g/mol. The molecule has 0 aliphatic heterocycles. The molecule has 0 amide bonds. The molecule has 0 fully saturated rings. The first kappa shape index (κ1) is 11.0. The van der Waals surface area contributed by atoms with Crippen molar-refractivity contribution in [1.82, 2.24) is 0 Å². The van der Waals surface area contributed by atoms with E-state index in [-0.39, 0.29) is 6.10 Å². The fourth-order valence-electron chi connectivity index (χ4n) is 1.72. The molecule has 0 aromatic rings. The van der Waals surface area contributed by atoms with Crippen LogP contribution >= 0.6 is 15.9 Å². The molecule has 1 atom stereocenters. The van der Waals surface area contributed by atoms with Crippen LogP contribution in [0.15, 0.2) is 22.7 Å². The van der Waals surface area contributed by atoms with Gasteiger partial charge in [-0.2, -0.15) is 0 Å². The maximum atomic E-state index is 9.81. The van der Waals surface area contributed by atoms with Crippen molar-refractivity contribution in [3.05, 3.63) is 22.7 Å². The zero-order chi connectivity index (χ0) is 9.68. The third kappa shape index (κ3) is 3.28. The van der Waals surface area contributed by atoms with Gasteiger partial charge in [0.1, 0.15) is 0 Å². The van der Waals surface area contributed by atoms with E-state index in [9.17, 15) is 5.11 Å². The minimum atomic E-state index is -0.315. The Morgan fingerprint density at radius 1 is 1.38 bits per heavy atom. The first-order valence-electron chi connectivity index (χ1n) is 4.92. The van der Waals surface area contributed by atoms with Crippen molar-refractivity contribution in [2.75, 3.05) is 0 Å². The standard InChI is InChI=1S/C11H17BrO/c1-2-6-11(13)9-7-4-3-5-8-10(9)12/h2,11,13H,1,3-8H2. The summed E-state index contributed by atoms with van der Waals surface area (Å²) in [4.78, 5) is 0. The van der Waals surface area contributed by atoms with Crippen molar-refractivity contribution in [2.24, 2.45) is 0 Å². The van der Waals surface area contributed by atoms with Crippen LogP contribution in [0.2, 0.25) is 0 Å².